The highest BCUT2D eigenvalue weighted by Crippen LogP contribution is 2.35. The first-order valence-corrected chi connectivity index (χ1v) is 6.39. The van der Waals surface area contributed by atoms with Crippen molar-refractivity contribution < 1.29 is 19.7 Å². The lowest BCUT2D eigenvalue weighted by Gasteiger charge is -2.29. The molecule has 0 bridgehead atoms. The number of carboxylic acids is 1. The maximum atomic E-state index is 11.4. The molecule has 19 heavy (non-hydrogen) atoms. The summed E-state index contributed by atoms with van der Waals surface area (Å²) in [6, 6.07) is 5.04. The van der Waals surface area contributed by atoms with Crippen LogP contribution in [-0.4, -0.2) is 23.3 Å². The van der Waals surface area contributed by atoms with E-state index in [4.69, 9.17) is 4.74 Å². The summed E-state index contributed by atoms with van der Waals surface area (Å²) in [4.78, 5) is 11.4. The number of rotatable bonds is 5. The number of carboxylic acid groups (broad SMARTS) is 1. The molecule has 1 atom stereocenters. The Balaban J connectivity index is 3.43. The molecular formula is C15H22O4. The molecule has 1 aromatic carbocycles. The molecule has 0 amide bonds. The van der Waals surface area contributed by atoms with Crippen LogP contribution in [0.3, 0.4) is 0 Å². The average molecular weight is 266 g/mol. The number of aliphatic hydroxyl groups is 1. The molecule has 0 saturated carbocycles. The largest absolute Gasteiger partial charge is 0.496 e. The zero-order valence-electron chi connectivity index (χ0n) is 12.1. The highest BCUT2D eigenvalue weighted by molar-refractivity contribution is 5.79. The molecule has 4 nitrogen and oxygen atoms in total. The van der Waals surface area contributed by atoms with Gasteiger partial charge in [0.25, 0.3) is 0 Å². The first kappa shape index (κ1) is 15.5. The highest BCUT2D eigenvalue weighted by atomic mass is 16.5. The molecule has 0 fully saturated rings. The molecule has 0 heterocycles. The van der Waals surface area contributed by atoms with Gasteiger partial charge in [-0.05, 0) is 35.1 Å². The third-order valence-electron chi connectivity index (χ3n) is 3.45. The quantitative estimate of drug-likeness (QED) is 0.860. The van der Waals surface area contributed by atoms with Crippen LogP contribution in [0, 0.1) is 5.92 Å². The summed E-state index contributed by atoms with van der Waals surface area (Å²) in [5.74, 6) is -0.781. The van der Waals surface area contributed by atoms with Gasteiger partial charge in [-0.15, -0.1) is 0 Å². The van der Waals surface area contributed by atoms with Gasteiger partial charge in [0.05, 0.1) is 7.11 Å². The van der Waals surface area contributed by atoms with E-state index in [1.165, 1.54) is 0 Å². The molecule has 0 aliphatic heterocycles. The van der Waals surface area contributed by atoms with Crippen LogP contribution < -0.4 is 4.74 Å². The van der Waals surface area contributed by atoms with Crippen molar-refractivity contribution in [3.63, 3.8) is 0 Å². The SMILES string of the molecule is COc1ccc(C(O)(C(=O)O)C(C)C)cc1C(C)C. The van der Waals surface area contributed by atoms with Crippen LogP contribution in [0.1, 0.15) is 44.7 Å². The maximum Gasteiger partial charge on any atom is 0.340 e. The summed E-state index contributed by atoms with van der Waals surface area (Å²) in [5, 5.41) is 19.8. The molecule has 0 aromatic heterocycles. The van der Waals surface area contributed by atoms with E-state index in [9.17, 15) is 15.0 Å². The van der Waals surface area contributed by atoms with Crippen molar-refractivity contribution in [2.75, 3.05) is 7.11 Å². The lowest BCUT2D eigenvalue weighted by Crippen LogP contribution is -2.40. The van der Waals surface area contributed by atoms with Gasteiger partial charge in [0.1, 0.15) is 5.75 Å². The minimum absolute atomic E-state index is 0.181. The predicted molar refractivity (Wildman–Crippen MR) is 73.5 cm³/mol. The van der Waals surface area contributed by atoms with Gasteiger partial charge < -0.3 is 14.9 Å². The molecule has 2 N–H and O–H groups in total. The molecule has 0 aliphatic rings. The predicted octanol–water partition coefficient (Wildman–Crippen LogP) is 2.75. The van der Waals surface area contributed by atoms with Gasteiger partial charge >= 0.3 is 5.97 Å². The van der Waals surface area contributed by atoms with Gasteiger partial charge in [-0.1, -0.05) is 33.8 Å². The number of ether oxygens (including phenoxy) is 1. The Hall–Kier alpha value is -1.55. The zero-order valence-corrected chi connectivity index (χ0v) is 12.1. The van der Waals surface area contributed by atoms with Crippen molar-refractivity contribution in [1.82, 2.24) is 0 Å². The van der Waals surface area contributed by atoms with Crippen molar-refractivity contribution in [3.05, 3.63) is 29.3 Å². The van der Waals surface area contributed by atoms with E-state index in [2.05, 4.69) is 0 Å². The second kappa shape index (κ2) is 5.61. The van der Waals surface area contributed by atoms with E-state index >= 15 is 0 Å². The normalized spacial score (nSPS) is 14.5. The second-order valence-corrected chi connectivity index (χ2v) is 5.34. The molecule has 0 saturated heterocycles. The van der Waals surface area contributed by atoms with Crippen molar-refractivity contribution in [2.45, 2.75) is 39.2 Å². The molecule has 0 radical (unpaired) electrons. The highest BCUT2D eigenvalue weighted by Gasteiger charge is 2.41. The van der Waals surface area contributed by atoms with E-state index in [1.807, 2.05) is 13.8 Å². The van der Waals surface area contributed by atoms with Crippen LogP contribution in [0.25, 0.3) is 0 Å². The maximum absolute atomic E-state index is 11.4. The first-order valence-electron chi connectivity index (χ1n) is 6.39. The van der Waals surface area contributed by atoms with Gasteiger partial charge in [0.2, 0.25) is 0 Å². The Morgan fingerprint density at radius 3 is 2.21 bits per heavy atom. The Kier molecular flexibility index (Phi) is 4.58. The van der Waals surface area contributed by atoms with Crippen LogP contribution >= 0.6 is 0 Å². The molecular weight excluding hydrogens is 244 g/mol. The van der Waals surface area contributed by atoms with Crippen LogP contribution in [0.15, 0.2) is 18.2 Å². The number of methoxy groups -OCH3 is 1. The van der Waals surface area contributed by atoms with E-state index in [0.717, 1.165) is 5.56 Å². The van der Waals surface area contributed by atoms with Crippen molar-refractivity contribution in [2.24, 2.45) is 5.92 Å². The number of aliphatic carboxylic acids is 1. The number of benzene rings is 1. The smallest absolute Gasteiger partial charge is 0.340 e. The van der Waals surface area contributed by atoms with Gasteiger partial charge in [-0.25, -0.2) is 4.79 Å². The van der Waals surface area contributed by atoms with Gasteiger partial charge in [-0.3, -0.25) is 0 Å². The number of carbonyl (C=O) groups is 1. The summed E-state index contributed by atoms with van der Waals surface area (Å²) < 4.78 is 5.27. The monoisotopic (exact) mass is 266 g/mol. The van der Waals surface area contributed by atoms with E-state index in [-0.39, 0.29) is 5.92 Å². The molecule has 1 rings (SSSR count). The molecule has 0 spiro atoms. The van der Waals surface area contributed by atoms with Crippen LogP contribution in [0.5, 0.6) is 5.75 Å². The van der Waals surface area contributed by atoms with Gasteiger partial charge in [0, 0.05) is 0 Å². The summed E-state index contributed by atoms with van der Waals surface area (Å²) in [6.45, 7) is 7.37. The van der Waals surface area contributed by atoms with Crippen molar-refractivity contribution in [3.8, 4) is 5.75 Å². The average Bonchev–Trinajstić information content (AvgIpc) is 2.36. The molecule has 106 valence electrons. The topological polar surface area (TPSA) is 66.8 Å². The molecule has 1 aromatic rings. The summed E-state index contributed by atoms with van der Waals surface area (Å²) in [7, 11) is 1.58. The minimum Gasteiger partial charge on any atom is -0.496 e. The summed E-state index contributed by atoms with van der Waals surface area (Å²) >= 11 is 0. The Bertz CT molecular complexity index is 465. The number of hydrogen-bond donors (Lipinski definition) is 2. The Morgan fingerprint density at radius 1 is 1.26 bits per heavy atom. The first-order chi connectivity index (χ1) is 8.75. The van der Waals surface area contributed by atoms with E-state index < -0.39 is 17.5 Å². The zero-order chi connectivity index (χ0) is 14.8. The van der Waals surface area contributed by atoms with Crippen molar-refractivity contribution >= 4 is 5.97 Å². The van der Waals surface area contributed by atoms with E-state index in [1.54, 1.807) is 39.2 Å². The minimum atomic E-state index is -1.88. The lowest BCUT2D eigenvalue weighted by molar-refractivity contribution is -0.165. The fourth-order valence-corrected chi connectivity index (χ4v) is 2.13. The number of hydrogen-bond acceptors (Lipinski definition) is 3. The lowest BCUT2D eigenvalue weighted by atomic mass is 9.82. The van der Waals surface area contributed by atoms with Crippen LogP contribution in [0.2, 0.25) is 0 Å². The van der Waals surface area contributed by atoms with Crippen LogP contribution in [-0.2, 0) is 10.4 Å². The standard InChI is InChI=1S/C15H22O4/c1-9(2)12-8-11(6-7-13(12)19-5)15(18,10(3)4)14(16)17/h6-10,18H,1-5H3,(H,16,17). The fraction of sp³-hybridized carbons (Fsp3) is 0.533. The molecule has 4 heteroatoms. The Labute approximate surface area is 114 Å². The third-order valence-corrected chi connectivity index (χ3v) is 3.45. The summed E-state index contributed by atoms with van der Waals surface area (Å²) in [5.41, 5.74) is -0.601. The fourth-order valence-electron chi connectivity index (χ4n) is 2.13. The van der Waals surface area contributed by atoms with Gasteiger partial charge in [-0.2, -0.15) is 0 Å². The van der Waals surface area contributed by atoms with Crippen LogP contribution in [0.4, 0.5) is 0 Å². The second-order valence-electron chi connectivity index (χ2n) is 5.34. The third kappa shape index (κ3) is 2.73. The molecule has 0 aliphatic carbocycles. The van der Waals surface area contributed by atoms with E-state index in [0.29, 0.717) is 11.3 Å². The summed E-state index contributed by atoms with van der Waals surface area (Å²) in [6.07, 6.45) is 0. The molecule has 1 unspecified atom stereocenters. The Morgan fingerprint density at radius 2 is 1.84 bits per heavy atom. The van der Waals surface area contributed by atoms with Crippen molar-refractivity contribution in [1.29, 1.82) is 0 Å². The van der Waals surface area contributed by atoms with Gasteiger partial charge in [0.15, 0.2) is 5.60 Å².